The van der Waals surface area contributed by atoms with Crippen LogP contribution >= 0.6 is 0 Å². The van der Waals surface area contributed by atoms with Crippen LogP contribution in [0.4, 0.5) is 5.69 Å². The molecular formula is C30H23N. The van der Waals surface area contributed by atoms with Crippen molar-refractivity contribution in [2.45, 2.75) is 13.0 Å². The Balaban J connectivity index is 1.51. The second kappa shape index (κ2) is 7.45. The van der Waals surface area contributed by atoms with Crippen LogP contribution in [0.3, 0.4) is 0 Å². The Kier molecular flexibility index (Phi) is 4.32. The highest BCUT2D eigenvalue weighted by Gasteiger charge is 2.22. The summed E-state index contributed by atoms with van der Waals surface area (Å²) in [5, 5.41) is 6.25. The highest BCUT2D eigenvalue weighted by Crippen LogP contribution is 2.43. The van der Waals surface area contributed by atoms with Crippen LogP contribution in [-0.4, -0.2) is 0 Å². The van der Waals surface area contributed by atoms with Gasteiger partial charge in [-0.3, -0.25) is 0 Å². The summed E-state index contributed by atoms with van der Waals surface area (Å²) in [6.07, 6.45) is 1.00. The predicted octanol–water partition coefficient (Wildman–Crippen LogP) is 7.69. The van der Waals surface area contributed by atoms with E-state index in [0.29, 0.717) is 0 Å². The third-order valence-electron chi connectivity index (χ3n) is 6.42. The van der Waals surface area contributed by atoms with Crippen molar-refractivity contribution in [3.63, 3.8) is 0 Å². The van der Waals surface area contributed by atoms with Crippen molar-refractivity contribution < 1.29 is 0 Å². The molecule has 31 heavy (non-hydrogen) atoms. The average Bonchev–Trinajstić information content (AvgIpc) is 3.22. The van der Waals surface area contributed by atoms with E-state index in [2.05, 4.69) is 115 Å². The van der Waals surface area contributed by atoms with Gasteiger partial charge in [0.25, 0.3) is 0 Å². The molecule has 0 amide bonds. The Morgan fingerprint density at radius 1 is 0.548 bits per heavy atom. The first-order valence-electron chi connectivity index (χ1n) is 10.9. The smallest absolute Gasteiger partial charge is 0.0413 e. The first-order valence-corrected chi connectivity index (χ1v) is 10.9. The van der Waals surface area contributed by atoms with E-state index in [0.717, 1.165) is 18.7 Å². The Morgan fingerprint density at radius 3 is 2.16 bits per heavy atom. The van der Waals surface area contributed by atoms with Crippen molar-refractivity contribution in [2.75, 3.05) is 5.32 Å². The summed E-state index contributed by atoms with van der Waals surface area (Å²) in [5.41, 5.74) is 10.8. The van der Waals surface area contributed by atoms with Gasteiger partial charge in [-0.15, -0.1) is 0 Å². The number of benzene rings is 5. The lowest BCUT2D eigenvalue weighted by molar-refractivity contribution is 1.16. The van der Waals surface area contributed by atoms with Gasteiger partial charge in [-0.1, -0.05) is 97.1 Å². The van der Waals surface area contributed by atoms with E-state index in [4.69, 9.17) is 0 Å². The second-order valence-corrected chi connectivity index (χ2v) is 8.20. The first-order chi connectivity index (χ1) is 15.4. The molecule has 1 aliphatic carbocycles. The summed E-state index contributed by atoms with van der Waals surface area (Å²) < 4.78 is 0. The van der Waals surface area contributed by atoms with Crippen LogP contribution in [0.25, 0.3) is 33.0 Å². The summed E-state index contributed by atoms with van der Waals surface area (Å²) in [5.74, 6) is 0. The predicted molar refractivity (Wildman–Crippen MR) is 131 cm³/mol. The maximum absolute atomic E-state index is 3.65. The van der Waals surface area contributed by atoms with E-state index >= 15 is 0 Å². The van der Waals surface area contributed by atoms with Gasteiger partial charge in [-0.25, -0.2) is 0 Å². The maximum atomic E-state index is 3.65. The molecule has 0 radical (unpaired) electrons. The molecule has 0 saturated heterocycles. The Morgan fingerprint density at radius 2 is 1.26 bits per heavy atom. The third-order valence-corrected chi connectivity index (χ3v) is 6.42. The number of anilines is 1. The molecular weight excluding hydrogens is 374 g/mol. The standard InChI is InChI=1S/C30H23N/c1-2-11-23(12-3-1)31-20-30-24-13-6-4-9-21(24)17-18-28(30)27-16-8-15-26-25-14-7-5-10-22(25)19-29(26)27/h1-18,31H,19-20H2. The number of para-hydroxylation sites is 1. The van der Waals surface area contributed by atoms with Gasteiger partial charge < -0.3 is 5.32 Å². The normalized spacial score (nSPS) is 11.9. The summed E-state index contributed by atoms with van der Waals surface area (Å²) in [7, 11) is 0. The Bertz CT molecular complexity index is 1400. The van der Waals surface area contributed by atoms with Gasteiger partial charge in [0.1, 0.15) is 0 Å². The van der Waals surface area contributed by atoms with E-state index in [-0.39, 0.29) is 0 Å². The number of hydrogen-bond donors (Lipinski definition) is 1. The monoisotopic (exact) mass is 397 g/mol. The molecule has 1 heteroatoms. The highest BCUT2D eigenvalue weighted by atomic mass is 14.9. The molecule has 0 aliphatic heterocycles. The average molecular weight is 398 g/mol. The van der Waals surface area contributed by atoms with Crippen molar-refractivity contribution in [3.8, 4) is 22.3 Å². The van der Waals surface area contributed by atoms with Gasteiger partial charge >= 0.3 is 0 Å². The molecule has 6 rings (SSSR count). The van der Waals surface area contributed by atoms with Crippen molar-refractivity contribution >= 4 is 16.5 Å². The Labute approximate surface area is 183 Å². The van der Waals surface area contributed by atoms with E-state index in [1.165, 1.54) is 49.7 Å². The zero-order valence-corrected chi connectivity index (χ0v) is 17.3. The van der Waals surface area contributed by atoms with Crippen LogP contribution in [0.15, 0.2) is 109 Å². The van der Waals surface area contributed by atoms with Gasteiger partial charge in [-0.2, -0.15) is 0 Å². The van der Waals surface area contributed by atoms with Crippen molar-refractivity contribution in [2.24, 2.45) is 0 Å². The second-order valence-electron chi connectivity index (χ2n) is 8.20. The van der Waals surface area contributed by atoms with E-state index in [1.807, 2.05) is 0 Å². The van der Waals surface area contributed by atoms with Crippen molar-refractivity contribution in [3.05, 3.63) is 126 Å². The van der Waals surface area contributed by atoms with E-state index < -0.39 is 0 Å². The van der Waals surface area contributed by atoms with Crippen LogP contribution in [0.5, 0.6) is 0 Å². The molecule has 1 aliphatic rings. The largest absolute Gasteiger partial charge is 0.381 e. The molecule has 1 N–H and O–H groups in total. The highest BCUT2D eigenvalue weighted by molar-refractivity contribution is 5.94. The van der Waals surface area contributed by atoms with Crippen molar-refractivity contribution in [1.82, 2.24) is 0 Å². The fraction of sp³-hybridized carbons (Fsp3) is 0.0667. The van der Waals surface area contributed by atoms with Crippen LogP contribution in [0, 0.1) is 0 Å². The minimum atomic E-state index is 0.789. The zero-order valence-electron chi connectivity index (χ0n) is 17.3. The molecule has 5 aromatic rings. The topological polar surface area (TPSA) is 12.0 Å². The van der Waals surface area contributed by atoms with Gasteiger partial charge in [0, 0.05) is 12.2 Å². The quantitative estimate of drug-likeness (QED) is 0.321. The molecule has 0 bridgehead atoms. The van der Waals surface area contributed by atoms with E-state index in [9.17, 15) is 0 Å². The van der Waals surface area contributed by atoms with Crippen LogP contribution < -0.4 is 5.32 Å². The molecule has 0 heterocycles. The molecule has 5 aromatic carbocycles. The molecule has 0 spiro atoms. The zero-order chi connectivity index (χ0) is 20.6. The summed E-state index contributed by atoms with van der Waals surface area (Å²) in [6.45, 7) is 0.789. The van der Waals surface area contributed by atoms with E-state index in [1.54, 1.807) is 0 Å². The van der Waals surface area contributed by atoms with Crippen molar-refractivity contribution in [1.29, 1.82) is 0 Å². The number of nitrogens with one attached hydrogen (secondary N) is 1. The summed E-state index contributed by atoms with van der Waals surface area (Å²) in [6, 6.07) is 39.3. The van der Waals surface area contributed by atoms with Gasteiger partial charge in [0.2, 0.25) is 0 Å². The molecule has 0 atom stereocenters. The first kappa shape index (κ1) is 18.0. The molecule has 0 fully saturated rings. The fourth-order valence-corrected chi connectivity index (χ4v) is 4.93. The fourth-order valence-electron chi connectivity index (χ4n) is 4.93. The third kappa shape index (κ3) is 3.10. The lowest BCUT2D eigenvalue weighted by atomic mass is 9.89. The van der Waals surface area contributed by atoms with Gasteiger partial charge in [-0.05, 0) is 68.3 Å². The lowest BCUT2D eigenvalue weighted by Crippen LogP contribution is -2.03. The molecule has 1 nitrogen and oxygen atoms in total. The molecule has 0 aromatic heterocycles. The van der Waals surface area contributed by atoms with Crippen LogP contribution in [0.2, 0.25) is 0 Å². The Hall–Kier alpha value is -3.84. The number of fused-ring (bicyclic) bond motifs is 4. The summed E-state index contributed by atoms with van der Waals surface area (Å²) in [4.78, 5) is 0. The summed E-state index contributed by atoms with van der Waals surface area (Å²) >= 11 is 0. The maximum Gasteiger partial charge on any atom is 0.0413 e. The lowest BCUT2D eigenvalue weighted by Gasteiger charge is -2.17. The SMILES string of the molecule is c1ccc(NCc2c(-c3cccc4c3Cc3ccccc3-4)ccc3ccccc23)cc1. The molecule has 148 valence electrons. The molecule has 0 saturated carbocycles. The number of rotatable bonds is 4. The van der Waals surface area contributed by atoms with Crippen LogP contribution in [0.1, 0.15) is 16.7 Å². The van der Waals surface area contributed by atoms with Gasteiger partial charge in [0.15, 0.2) is 0 Å². The minimum Gasteiger partial charge on any atom is -0.381 e. The molecule has 0 unspecified atom stereocenters. The van der Waals surface area contributed by atoms with Gasteiger partial charge in [0.05, 0.1) is 0 Å². The number of hydrogen-bond acceptors (Lipinski definition) is 1. The van der Waals surface area contributed by atoms with Crippen LogP contribution in [-0.2, 0) is 13.0 Å². The minimum absolute atomic E-state index is 0.789.